The quantitative estimate of drug-likeness (QED) is 0.704. The first-order valence-electron chi connectivity index (χ1n) is 6.20. The molecule has 2 nitrogen and oxygen atoms in total. The van der Waals surface area contributed by atoms with Crippen molar-refractivity contribution in [2.24, 2.45) is 5.92 Å². The molecule has 0 aromatic heterocycles. The number of terminal acetylenes is 1. The number of nitrogens with zero attached hydrogens (tertiary/aromatic N) is 1. The van der Waals surface area contributed by atoms with Crippen molar-refractivity contribution in [2.45, 2.75) is 44.7 Å². The summed E-state index contributed by atoms with van der Waals surface area (Å²) in [5, 5.41) is 3.77. The van der Waals surface area contributed by atoms with E-state index >= 15 is 0 Å². The van der Waals surface area contributed by atoms with Gasteiger partial charge in [0.15, 0.2) is 0 Å². The van der Waals surface area contributed by atoms with Crippen LogP contribution in [0.2, 0.25) is 0 Å². The maximum atomic E-state index is 5.31. The average Bonchev–Trinajstić information content (AvgIpc) is 2.19. The largest absolute Gasteiger partial charge is 0.311 e. The maximum absolute atomic E-state index is 5.31. The Morgan fingerprint density at radius 1 is 1.27 bits per heavy atom. The lowest BCUT2D eigenvalue weighted by Crippen LogP contribution is -2.50. The number of hydrogen-bond acceptors (Lipinski definition) is 2. The van der Waals surface area contributed by atoms with Gasteiger partial charge < -0.3 is 5.32 Å². The van der Waals surface area contributed by atoms with Gasteiger partial charge in [0.25, 0.3) is 0 Å². The maximum Gasteiger partial charge on any atom is 0.0598 e. The topological polar surface area (TPSA) is 15.3 Å². The summed E-state index contributed by atoms with van der Waals surface area (Å²) < 4.78 is 0. The molecular formula is C13H22N2. The zero-order valence-electron chi connectivity index (χ0n) is 9.71. The van der Waals surface area contributed by atoms with Crippen LogP contribution in [-0.4, -0.2) is 36.6 Å². The molecule has 1 aliphatic carbocycles. The van der Waals surface area contributed by atoms with Crippen molar-refractivity contribution in [3.05, 3.63) is 0 Å². The van der Waals surface area contributed by atoms with Gasteiger partial charge in [-0.25, -0.2) is 0 Å². The van der Waals surface area contributed by atoms with Crippen molar-refractivity contribution in [3.8, 4) is 12.3 Å². The van der Waals surface area contributed by atoms with Gasteiger partial charge in [0.05, 0.1) is 6.54 Å². The third-order valence-electron chi connectivity index (χ3n) is 3.75. The summed E-state index contributed by atoms with van der Waals surface area (Å²) in [4.78, 5) is 2.38. The average molecular weight is 206 g/mol. The van der Waals surface area contributed by atoms with E-state index in [4.69, 9.17) is 6.42 Å². The molecule has 2 heteroatoms. The summed E-state index contributed by atoms with van der Waals surface area (Å²) >= 11 is 0. The first-order chi connectivity index (χ1) is 7.28. The number of piperidine rings is 1. The van der Waals surface area contributed by atoms with E-state index in [1.54, 1.807) is 0 Å². The van der Waals surface area contributed by atoms with Crippen LogP contribution in [0.5, 0.6) is 0 Å². The molecule has 1 saturated carbocycles. The van der Waals surface area contributed by atoms with Gasteiger partial charge >= 0.3 is 0 Å². The van der Waals surface area contributed by atoms with Gasteiger partial charge in [0, 0.05) is 25.2 Å². The van der Waals surface area contributed by atoms with Crippen molar-refractivity contribution in [1.29, 1.82) is 0 Å². The second-order valence-electron chi connectivity index (χ2n) is 5.19. The van der Waals surface area contributed by atoms with Gasteiger partial charge in [-0.2, -0.15) is 0 Å². The predicted molar refractivity (Wildman–Crippen MR) is 63.6 cm³/mol. The van der Waals surface area contributed by atoms with Crippen LogP contribution in [0.1, 0.15) is 32.6 Å². The summed E-state index contributed by atoms with van der Waals surface area (Å²) in [6.07, 6.45) is 10.6. The van der Waals surface area contributed by atoms with Crippen LogP contribution < -0.4 is 5.32 Å². The lowest BCUT2D eigenvalue weighted by molar-refractivity contribution is 0.168. The van der Waals surface area contributed by atoms with E-state index in [0.717, 1.165) is 24.5 Å². The van der Waals surface area contributed by atoms with Gasteiger partial charge in [0.1, 0.15) is 0 Å². The van der Waals surface area contributed by atoms with E-state index in [-0.39, 0.29) is 0 Å². The molecule has 0 amide bonds. The lowest BCUT2D eigenvalue weighted by atomic mass is 9.81. The van der Waals surface area contributed by atoms with Gasteiger partial charge in [-0.1, -0.05) is 12.8 Å². The van der Waals surface area contributed by atoms with Crippen LogP contribution >= 0.6 is 0 Å². The number of likely N-dealkylation sites (tertiary alicyclic amines) is 1. The summed E-state index contributed by atoms with van der Waals surface area (Å²) in [5.74, 6) is 3.67. The van der Waals surface area contributed by atoms with E-state index in [2.05, 4.69) is 23.1 Å². The molecule has 1 N–H and O–H groups in total. The minimum Gasteiger partial charge on any atom is -0.311 e. The summed E-state index contributed by atoms with van der Waals surface area (Å²) in [7, 11) is 0. The van der Waals surface area contributed by atoms with Crippen LogP contribution in [0, 0.1) is 18.3 Å². The highest BCUT2D eigenvalue weighted by atomic mass is 15.1. The van der Waals surface area contributed by atoms with Crippen molar-refractivity contribution in [2.75, 3.05) is 19.6 Å². The molecule has 0 bridgehead atoms. The SMILES string of the molecule is C#CCN1CCC(NC2CC(C)C2)CC1. The van der Waals surface area contributed by atoms with Gasteiger partial charge in [0.2, 0.25) is 0 Å². The highest BCUT2D eigenvalue weighted by Crippen LogP contribution is 2.27. The molecule has 0 atom stereocenters. The Hall–Kier alpha value is -0.520. The van der Waals surface area contributed by atoms with Crippen molar-refractivity contribution in [3.63, 3.8) is 0 Å². The third-order valence-corrected chi connectivity index (χ3v) is 3.75. The van der Waals surface area contributed by atoms with Crippen LogP contribution in [0.3, 0.4) is 0 Å². The molecule has 0 unspecified atom stereocenters. The van der Waals surface area contributed by atoms with Crippen molar-refractivity contribution >= 4 is 0 Å². The fourth-order valence-electron chi connectivity index (χ4n) is 2.76. The number of nitrogens with one attached hydrogen (secondary N) is 1. The summed E-state index contributed by atoms with van der Waals surface area (Å²) in [5.41, 5.74) is 0. The van der Waals surface area contributed by atoms with Gasteiger partial charge in [-0.05, 0) is 31.6 Å². The smallest absolute Gasteiger partial charge is 0.0598 e. The molecule has 2 rings (SSSR count). The molecule has 0 spiro atoms. The third kappa shape index (κ3) is 2.96. The Morgan fingerprint density at radius 2 is 1.93 bits per heavy atom. The summed E-state index contributed by atoms with van der Waals surface area (Å²) in [6.45, 7) is 5.51. The Morgan fingerprint density at radius 3 is 2.47 bits per heavy atom. The minimum atomic E-state index is 0.747. The normalized spacial score (nSPS) is 33.3. The highest BCUT2D eigenvalue weighted by molar-refractivity contribution is 4.92. The van der Waals surface area contributed by atoms with E-state index in [9.17, 15) is 0 Å². The molecular weight excluding hydrogens is 184 g/mol. The fourth-order valence-corrected chi connectivity index (χ4v) is 2.76. The van der Waals surface area contributed by atoms with Crippen LogP contribution in [0.25, 0.3) is 0 Å². The zero-order valence-corrected chi connectivity index (χ0v) is 9.71. The molecule has 15 heavy (non-hydrogen) atoms. The van der Waals surface area contributed by atoms with Gasteiger partial charge in [-0.3, -0.25) is 4.90 Å². The zero-order chi connectivity index (χ0) is 10.7. The van der Waals surface area contributed by atoms with Crippen LogP contribution in [0.4, 0.5) is 0 Å². The standard InChI is InChI=1S/C13H22N2/c1-3-6-15-7-4-12(5-8-15)14-13-9-11(2)10-13/h1,11-14H,4-10H2,2H3. The minimum absolute atomic E-state index is 0.747. The monoisotopic (exact) mass is 206 g/mol. The van der Waals surface area contributed by atoms with E-state index in [1.807, 2.05) is 0 Å². The molecule has 2 fully saturated rings. The Kier molecular flexibility index (Phi) is 3.66. The van der Waals surface area contributed by atoms with E-state index in [1.165, 1.54) is 38.8 Å². The fraction of sp³-hybridized carbons (Fsp3) is 0.846. The first-order valence-corrected chi connectivity index (χ1v) is 6.20. The molecule has 1 heterocycles. The van der Waals surface area contributed by atoms with Crippen molar-refractivity contribution in [1.82, 2.24) is 10.2 Å². The second-order valence-corrected chi connectivity index (χ2v) is 5.19. The van der Waals surface area contributed by atoms with Crippen LogP contribution in [0.15, 0.2) is 0 Å². The van der Waals surface area contributed by atoms with Crippen LogP contribution in [-0.2, 0) is 0 Å². The Balaban J connectivity index is 1.63. The molecule has 1 aliphatic heterocycles. The summed E-state index contributed by atoms with van der Waals surface area (Å²) in [6, 6.07) is 1.56. The highest BCUT2D eigenvalue weighted by Gasteiger charge is 2.28. The first kappa shape index (κ1) is 11.0. The number of rotatable bonds is 3. The van der Waals surface area contributed by atoms with Crippen molar-refractivity contribution < 1.29 is 0 Å². The molecule has 0 aromatic carbocycles. The molecule has 0 aromatic rings. The van der Waals surface area contributed by atoms with E-state index < -0.39 is 0 Å². The molecule has 0 radical (unpaired) electrons. The molecule has 84 valence electrons. The molecule has 1 saturated heterocycles. The number of hydrogen-bond donors (Lipinski definition) is 1. The lowest BCUT2D eigenvalue weighted by Gasteiger charge is -2.39. The van der Waals surface area contributed by atoms with E-state index in [0.29, 0.717) is 0 Å². The van der Waals surface area contributed by atoms with Gasteiger partial charge in [-0.15, -0.1) is 6.42 Å². The molecule has 2 aliphatic rings. The Labute approximate surface area is 93.4 Å². The second kappa shape index (κ2) is 5.01. The predicted octanol–water partition coefficient (Wildman–Crippen LogP) is 1.47. The Bertz CT molecular complexity index is 229.